The maximum absolute atomic E-state index is 11.6. The number of alkyl carbamates (subject to hydrolysis) is 1. The van der Waals surface area contributed by atoms with Crippen LogP contribution in [0.3, 0.4) is 0 Å². The van der Waals surface area contributed by atoms with Gasteiger partial charge in [-0.1, -0.05) is 42.5 Å². The molecule has 0 spiro atoms. The van der Waals surface area contributed by atoms with E-state index in [2.05, 4.69) is 23.5 Å². The molecule has 0 radical (unpaired) electrons. The minimum absolute atomic E-state index is 0.240. The summed E-state index contributed by atoms with van der Waals surface area (Å²) in [6, 6.07) is 14.4. The average molecular weight is 295 g/mol. The van der Waals surface area contributed by atoms with Gasteiger partial charge in [-0.25, -0.2) is 4.79 Å². The molecule has 4 nitrogen and oxygen atoms in total. The Bertz CT molecular complexity index is 709. The van der Waals surface area contributed by atoms with E-state index in [4.69, 9.17) is 4.74 Å². The van der Waals surface area contributed by atoms with Gasteiger partial charge in [0.1, 0.15) is 12.9 Å². The highest BCUT2D eigenvalue weighted by Crippen LogP contribution is 2.38. The predicted molar refractivity (Wildman–Crippen MR) is 83.6 cm³/mol. The molecule has 0 fully saturated rings. The van der Waals surface area contributed by atoms with Gasteiger partial charge in [-0.3, -0.25) is 0 Å². The number of hydrogen-bond acceptors (Lipinski definition) is 3. The number of carbonyl (C=O) groups is 2. The highest BCUT2D eigenvalue weighted by Gasteiger charge is 2.20. The molecule has 0 unspecified atom stereocenters. The monoisotopic (exact) mass is 295 g/mol. The zero-order valence-electron chi connectivity index (χ0n) is 12.2. The molecular formula is C18H17NO3. The van der Waals surface area contributed by atoms with Crippen LogP contribution in [-0.4, -0.2) is 18.9 Å². The Kier molecular flexibility index (Phi) is 4.19. The van der Waals surface area contributed by atoms with Gasteiger partial charge >= 0.3 is 6.09 Å². The summed E-state index contributed by atoms with van der Waals surface area (Å²) in [4.78, 5) is 21.8. The SMILES string of the molecule is O=CCCNC(=O)OCc1cccc2c1Cc1ccccc1-2. The first kappa shape index (κ1) is 14.3. The van der Waals surface area contributed by atoms with Crippen LogP contribution >= 0.6 is 0 Å². The molecule has 2 aromatic rings. The predicted octanol–water partition coefficient (Wildman–Crippen LogP) is 3.07. The van der Waals surface area contributed by atoms with Crippen LogP contribution in [0.1, 0.15) is 23.1 Å². The molecule has 0 atom stereocenters. The normalized spacial score (nSPS) is 11.5. The number of hydrogen-bond donors (Lipinski definition) is 1. The topological polar surface area (TPSA) is 55.4 Å². The van der Waals surface area contributed by atoms with E-state index in [0.29, 0.717) is 13.0 Å². The van der Waals surface area contributed by atoms with Crippen LogP contribution < -0.4 is 5.32 Å². The third-order valence-electron chi connectivity index (χ3n) is 3.84. The van der Waals surface area contributed by atoms with Crippen LogP contribution in [0.4, 0.5) is 4.79 Å². The molecule has 0 aliphatic heterocycles. The number of amides is 1. The number of aldehydes is 1. The third-order valence-corrected chi connectivity index (χ3v) is 3.84. The van der Waals surface area contributed by atoms with E-state index in [1.165, 1.54) is 22.3 Å². The Labute approximate surface area is 129 Å². The highest BCUT2D eigenvalue weighted by molar-refractivity contribution is 5.78. The summed E-state index contributed by atoms with van der Waals surface area (Å²) in [5.74, 6) is 0. The standard InChI is InChI=1S/C18H17NO3/c20-10-4-9-19-18(21)22-12-14-6-3-8-16-15-7-2-1-5-13(15)11-17(14)16/h1-3,5-8,10H,4,9,11-12H2,(H,19,21). The lowest BCUT2D eigenvalue weighted by molar-refractivity contribution is -0.107. The van der Waals surface area contributed by atoms with Gasteiger partial charge in [0.05, 0.1) is 0 Å². The van der Waals surface area contributed by atoms with Crippen molar-refractivity contribution in [3.8, 4) is 11.1 Å². The molecule has 2 aromatic carbocycles. The van der Waals surface area contributed by atoms with Crippen molar-refractivity contribution >= 4 is 12.4 Å². The maximum Gasteiger partial charge on any atom is 0.407 e. The molecule has 0 saturated carbocycles. The minimum Gasteiger partial charge on any atom is -0.445 e. The molecule has 0 heterocycles. The summed E-state index contributed by atoms with van der Waals surface area (Å²) in [6.07, 6.45) is 1.44. The van der Waals surface area contributed by atoms with Crippen molar-refractivity contribution < 1.29 is 14.3 Å². The molecule has 112 valence electrons. The van der Waals surface area contributed by atoms with Gasteiger partial charge in [-0.15, -0.1) is 0 Å². The lowest BCUT2D eigenvalue weighted by atomic mass is 10.0. The average Bonchev–Trinajstić information content (AvgIpc) is 2.92. The fourth-order valence-electron chi connectivity index (χ4n) is 2.79. The van der Waals surface area contributed by atoms with Crippen LogP contribution in [0.25, 0.3) is 11.1 Å². The Morgan fingerprint density at radius 3 is 2.82 bits per heavy atom. The number of fused-ring (bicyclic) bond motifs is 3. The molecule has 22 heavy (non-hydrogen) atoms. The lowest BCUT2D eigenvalue weighted by Crippen LogP contribution is -2.25. The van der Waals surface area contributed by atoms with E-state index >= 15 is 0 Å². The van der Waals surface area contributed by atoms with Crippen molar-refractivity contribution in [3.05, 3.63) is 59.2 Å². The Morgan fingerprint density at radius 1 is 1.14 bits per heavy atom. The van der Waals surface area contributed by atoms with Crippen molar-refractivity contribution in [2.24, 2.45) is 0 Å². The minimum atomic E-state index is -0.491. The van der Waals surface area contributed by atoms with Crippen molar-refractivity contribution in [3.63, 3.8) is 0 Å². The van der Waals surface area contributed by atoms with Crippen molar-refractivity contribution in [1.29, 1.82) is 0 Å². The number of ether oxygens (including phenoxy) is 1. The Balaban J connectivity index is 1.70. The van der Waals surface area contributed by atoms with Gasteiger partial charge in [0.15, 0.2) is 0 Å². The number of carbonyl (C=O) groups excluding carboxylic acids is 2. The molecule has 0 bridgehead atoms. The van der Waals surface area contributed by atoms with E-state index < -0.39 is 6.09 Å². The second kappa shape index (κ2) is 6.43. The zero-order valence-corrected chi connectivity index (χ0v) is 12.2. The first-order valence-electron chi connectivity index (χ1n) is 7.33. The van der Waals surface area contributed by atoms with E-state index in [1.54, 1.807) is 0 Å². The fraction of sp³-hybridized carbons (Fsp3) is 0.222. The van der Waals surface area contributed by atoms with E-state index in [9.17, 15) is 9.59 Å². The lowest BCUT2D eigenvalue weighted by Gasteiger charge is -2.10. The quantitative estimate of drug-likeness (QED) is 0.581. The summed E-state index contributed by atoms with van der Waals surface area (Å²) in [7, 11) is 0. The number of nitrogens with one attached hydrogen (secondary N) is 1. The van der Waals surface area contributed by atoms with Crippen molar-refractivity contribution in [2.75, 3.05) is 6.54 Å². The molecular weight excluding hydrogens is 278 g/mol. The largest absolute Gasteiger partial charge is 0.445 e. The number of rotatable bonds is 5. The van der Waals surface area contributed by atoms with Gasteiger partial charge < -0.3 is 14.8 Å². The maximum atomic E-state index is 11.6. The Hall–Kier alpha value is -2.62. The fourth-order valence-corrected chi connectivity index (χ4v) is 2.79. The zero-order chi connectivity index (χ0) is 15.4. The highest BCUT2D eigenvalue weighted by atomic mass is 16.5. The van der Waals surface area contributed by atoms with Gasteiger partial charge in [0.2, 0.25) is 0 Å². The molecule has 1 N–H and O–H groups in total. The van der Waals surface area contributed by atoms with Gasteiger partial charge in [-0.2, -0.15) is 0 Å². The smallest absolute Gasteiger partial charge is 0.407 e. The first-order valence-corrected chi connectivity index (χ1v) is 7.33. The molecule has 0 aromatic heterocycles. The van der Waals surface area contributed by atoms with Gasteiger partial charge in [0.25, 0.3) is 0 Å². The summed E-state index contributed by atoms with van der Waals surface area (Å²) < 4.78 is 5.23. The molecule has 1 aliphatic rings. The van der Waals surface area contributed by atoms with Crippen LogP contribution in [0, 0.1) is 0 Å². The molecule has 3 rings (SSSR count). The Morgan fingerprint density at radius 2 is 1.95 bits per heavy atom. The molecule has 1 aliphatic carbocycles. The van der Waals surface area contributed by atoms with Crippen molar-refractivity contribution in [1.82, 2.24) is 5.32 Å². The van der Waals surface area contributed by atoms with Crippen LogP contribution in [0.2, 0.25) is 0 Å². The van der Waals surface area contributed by atoms with Crippen molar-refractivity contribution in [2.45, 2.75) is 19.4 Å². The van der Waals surface area contributed by atoms with Crippen LogP contribution in [0.15, 0.2) is 42.5 Å². The number of benzene rings is 2. The summed E-state index contributed by atoms with van der Waals surface area (Å²) >= 11 is 0. The van der Waals surface area contributed by atoms with Gasteiger partial charge in [0, 0.05) is 13.0 Å². The first-order chi connectivity index (χ1) is 10.8. The van der Waals surface area contributed by atoms with Crippen LogP contribution in [0.5, 0.6) is 0 Å². The second-order valence-corrected chi connectivity index (χ2v) is 5.24. The molecule has 0 saturated heterocycles. The van der Waals surface area contributed by atoms with Crippen LogP contribution in [-0.2, 0) is 22.6 Å². The molecule has 4 heteroatoms. The van der Waals surface area contributed by atoms with E-state index in [0.717, 1.165) is 18.3 Å². The summed E-state index contributed by atoms with van der Waals surface area (Å²) in [5.41, 5.74) is 6.04. The van der Waals surface area contributed by atoms with Gasteiger partial charge in [-0.05, 0) is 34.2 Å². The van der Waals surface area contributed by atoms with E-state index in [1.807, 2.05) is 24.3 Å². The molecule has 1 amide bonds. The summed E-state index contributed by atoms with van der Waals surface area (Å²) in [6.45, 7) is 0.546. The van der Waals surface area contributed by atoms with E-state index in [-0.39, 0.29) is 6.61 Å². The third kappa shape index (κ3) is 2.86. The second-order valence-electron chi connectivity index (χ2n) is 5.24. The summed E-state index contributed by atoms with van der Waals surface area (Å²) in [5, 5.41) is 2.55.